The summed E-state index contributed by atoms with van der Waals surface area (Å²) in [6.07, 6.45) is 1.02. The van der Waals surface area contributed by atoms with Crippen LogP contribution in [0.2, 0.25) is 0 Å². The molecule has 0 aromatic carbocycles. The van der Waals surface area contributed by atoms with Crippen molar-refractivity contribution in [1.82, 2.24) is 10.6 Å². The predicted molar refractivity (Wildman–Crippen MR) is 60.2 cm³/mol. The Balaban J connectivity index is 0.000000379. The number of carbonyl (C=O) groups excluding carboxylic acids is 1. The van der Waals surface area contributed by atoms with Gasteiger partial charge in [0.25, 0.3) is 0 Å². The van der Waals surface area contributed by atoms with Gasteiger partial charge in [0.15, 0.2) is 0 Å². The summed E-state index contributed by atoms with van der Waals surface area (Å²) in [6.45, 7) is 10.9. The van der Waals surface area contributed by atoms with Crippen molar-refractivity contribution in [3.63, 3.8) is 0 Å². The zero-order chi connectivity index (χ0) is 11.0. The lowest BCUT2D eigenvalue weighted by atomic mass is 9.89. The molecule has 2 unspecified atom stereocenters. The van der Waals surface area contributed by atoms with Gasteiger partial charge in [0.05, 0.1) is 0 Å². The molecule has 0 aliphatic carbocycles. The number of piperidine rings is 1. The highest BCUT2D eigenvalue weighted by atomic mass is 16.2. The van der Waals surface area contributed by atoms with Gasteiger partial charge >= 0.3 is 0 Å². The first kappa shape index (κ1) is 13.4. The maximum atomic E-state index is 11.1. The summed E-state index contributed by atoms with van der Waals surface area (Å²) in [7, 11) is 0. The monoisotopic (exact) mass is 200 g/mol. The standard InChI is InChI=1S/C7H12N2O.2C2H6/c10-7-6-1-2-8-3-5(6)4-9-7;2*1-2/h5-6,8H,1-4H2,(H,9,10);2*1-2H3. The van der Waals surface area contributed by atoms with Crippen molar-refractivity contribution in [2.45, 2.75) is 34.1 Å². The smallest absolute Gasteiger partial charge is 0.223 e. The first-order valence-electron chi connectivity index (χ1n) is 5.86. The lowest BCUT2D eigenvalue weighted by Gasteiger charge is -2.22. The van der Waals surface area contributed by atoms with Crippen molar-refractivity contribution in [3.8, 4) is 0 Å². The zero-order valence-corrected chi connectivity index (χ0v) is 9.89. The van der Waals surface area contributed by atoms with Crippen molar-refractivity contribution >= 4 is 5.91 Å². The van der Waals surface area contributed by atoms with E-state index in [4.69, 9.17) is 0 Å². The maximum absolute atomic E-state index is 11.1. The first-order valence-corrected chi connectivity index (χ1v) is 5.86. The Labute approximate surface area is 87.6 Å². The Morgan fingerprint density at radius 1 is 1.14 bits per heavy atom. The Kier molecular flexibility index (Phi) is 7.48. The van der Waals surface area contributed by atoms with Gasteiger partial charge in [-0.15, -0.1) is 0 Å². The molecule has 3 heteroatoms. The molecule has 0 saturated carbocycles. The molecule has 2 aliphatic rings. The SMILES string of the molecule is CC.CC.O=C1NCC2CNCCC12. The highest BCUT2D eigenvalue weighted by molar-refractivity contribution is 5.81. The molecule has 2 aliphatic heterocycles. The van der Waals surface area contributed by atoms with Crippen molar-refractivity contribution in [3.05, 3.63) is 0 Å². The van der Waals surface area contributed by atoms with Gasteiger partial charge in [0, 0.05) is 24.9 Å². The van der Waals surface area contributed by atoms with Crippen LogP contribution in [-0.4, -0.2) is 25.5 Å². The van der Waals surface area contributed by atoms with E-state index in [9.17, 15) is 4.79 Å². The summed E-state index contributed by atoms with van der Waals surface area (Å²) in [6, 6.07) is 0. The Bertz CT molecular complexity index is 159. The van der Waals surface area contributed by atoms with E-state index in [-0.39, 0.29) is 5.91 Å². The van der Waals surface area contributed by atoms with Gasteiger partial charge in [0.2, 0.25) is 5.91 Å². The minimum atomic E-state index is 0.270. The lowest BCUT2D eigenvalue weighted by Crippen LogP contribution is -2.36. The average molecular weight is 200 g/mol. The molecule has 14 heavy (non-hydrogen) atoms. The Hall–Kier alpha value is -0.570. The van der Waals surface area contributed by atoms with Crippen LogP contribution in [0.5, 0.6) is 0 Å². The van der Waals surface area contributed by atoms with Crippen LogP contribution in [0, 0.1) is 11.8 Å². The summed E-state index contributed by atoms with van der Waals surface area (Å²) < 4.78 is 0. The van der Waals surface area contributed by atoms with Crippen LogP contribution in [-0.2, 0) is 4.79 Å². The Morgan fingerprint density at radius 3 is 2.36 bits per heavy atom. The van der Waals surface area contributed by atoms with Gasteiger partial charge in [0.1, 0.15) is 0 Å². The maximum Gasteiger partial charge on any atom is 0.223 e. The largest absolute Gasteiger partial charge is 0.355 e. The number of nitrogens with one attached hydrogen (secondary N) is 2. The van der Waals surface area contributed by atoms with Crippen LogP contribution in [0.25, 0.3) is 0 Å². The van der Waals surface area contributed by atoms with Crippen molar-refractivity contribution < 1.29 is 4.79 Å². The van der Waals surface area contributed by atoms with Gasteiger partial charge in [-0.25, -0.2) is 0 Å². The number of carbonyl (C=O) groups is 1. The number of rotatable bonds is 0. The van der Waals surface area contributed by atoms with Gasteiger partial charge < -0.3 is 10.6 Å². The number of amides is 1. The van der Waals surface area contributed by atoms with Crippen LogP contribution in [0.15, 0.2) is 0 Å². The summed E-state index contributed by atoms with van der Waals surface area (Å²) >= 11 is 0. The fourth-order valence-corrected chi connectivity index (χ4v) is 1.85. The van der Waals surface area contributed by atoms with Gasteiger partial charge in [-0.1, -0.05) is 27.7 Å². The van der Waals surface area contributed by atoms with E-state index in [2.05, 4.69) is 10.6 Å². The molecule has 2 fully saturated rings. The van der Waals surface area contributed by atoms with E-state index in [0.29, 0.717) is 11.8 Å². The highest BCUT2D eigenvalue weighted by Gasteiger charge is 2.35. The fraction of sp³-hybridized carbons (Fsp3) is 0.909. The molecule has 2 atom stereocenters. The van der Waals surface area contributed by atoms with E-state index in [0.717, 1.165) is 26.1 Å². The van der Waals surface area contributed by atoms with Crippen molar-refractivity contribution in [2.24, 2.45) is 11.8 Å². The molecule has 0 aromatic rings. The molecule has 2 rings (SSSR count). The minimum absolute atomic E-state index is 0.270. The molecule has 2 N–H and O–H groups in total. The molecule has 0 bridgehead atoms. The number of fused-ring (bicyclic) bond motifs is 1. The van der Waals surface area contributed by atoms with Gasteiger partial charge in [-0.3, -0.25) is 4.79 Å². The predicted octanol–water partition coefficient (Wildman–Crippen LogP) is 1.39. The second-order valence-electron chi connectivity index (χ2n) is 3.10. The summed E-state index contributed by atoms with van der Waals surface area (Å²) in [4.78, 5) is 11.1. The molecule has 1 amide bonds. The second kappa shape index (κ2) is 7.80. The molecule has 2 heterocycles. The minimum Gasteiger partial charge on any atom is -0.355 e. The van der Waals surface area contributed by atoms with E-state index in [1.807, 2.05) is 27.7 Å². The Morgan fingerprint density at radius 2 is 1.79 bits per heavy atom. The molecule has 3 nitrogen and oxygen atoms in total. The third-order valence-corrected chi connectivity index (χ3v) is 2.48. The molecule has 84 valence electrons. The topological polar surface area (TPSA) is 41.1 Å². The van der Waals surface area contributed by atoms with Crippen molar-refractivity contribution in [2.75, 3.05) is 19.6 Å². The van der Waals surface area contributed by atoms with Gasteiger partial charge in [-0.2, -0.15) is 0 Å². The number of hydrogen-bond acceptors (Lipinski definition) is 2. The highest BCUT2D eigenvalue weighted by Crippen LogP contribution is 2.22. The van der Waals surface area contributed by atoms with E-state index < -0.39 is 0 Å². The van der Waals surface area contributed by atoms with Crippen LogP contribution in [0.3, 0.4) is 0 Å². The molecule has 0 spiro atoms. The normalized spacial score (nSPS) is 28.7. The third kappa shape index (κ3) is 3.29. The van der Waals surface area contributed by atoms with Crippen molar-refractivity contribution in [1.29, 1.82) is 0 Å². The summed E-state index contributed by atoms with van der Waals surface area (Å²) in [5, 5.41) is 6.17. The molecule has 0 radical (unpaired) electrons. The molecular formula is C11H24N2O. The molecule has 2 saturated heterocycles. The number of hydrogen-bond donors (Lipinski definition) is 2. The third-order valence-electron chi connectivity index (χ3n) is 2.48. The quantitative estimate of drug-likeness (QED) is 0.620. The second-order valence-corrected chi connectivity index (χ2v) is 3.10. The van der Waals surface area contributed by atoms with E-state index in [1.54, 1.807) is 0 Å². The van der Waals surface area contributed by atoms with Crippen LogP contribution >= 0.6 is 0 Å². The first-order chi connectivity index (χ1) is 6.88. The van der Waals surface area contributed by atoms with Crippen LogP contribution in [0.4, 0.5) is 0 Å². The summed E-state index contributed by atoms with van der Waals surface area (Å²) in [5.41, 5.74) is 0. The van der Waals surface area contributed by atoms with E-state index >= 15 is 0 Å². The average Bonchev–Trinajstić information content (AvgIpc) is 2.67. The van der Waals surface area contributed by atoms with E-state index in [1.165, 1.54) is 0 Å². The van der Waals surface area contributed by atoms with Crippen LogP contribution < -0.4 is 10.6 Å². The summed E-state index contributed by atoms with van der Waals surface area (Å²) in [5.74, 6) is 1.16. The molecular weight excluding hydrogens is 176 g/mol. The lowest BCUT2D eigenvalue weighted by molar-refractivity contribution is -0.123. The fourth-order valence-electron chi connectivity index (χ4n) is 1.85. The van der Waals surface area contributed by atoms with Gasteiger partial charge in [-0.05, 0) is 13.0 Å². The van der Waals surface area contributed by atoms with Crippen LogP contribution in [0.1, 0.15) is 34.1 Å². The molecule has 0 aromatic heterocycles. The zero-order valence-electron chi connectivity index (χ0n) is 9.89.